The number of nitrogens with zero attached hydrogens (tertiary/aromatic N) is 1. The van der Waals surface area contributed by atoms with E-state index in [1.807, 2.05) is 0 Å². The lowest BCUT2D eigenvalue weighted by molar-refractivity contribution is 0.101. The summed E-state index contributed by atoms with van der Waals surface area (Å²) < 4.78 is 0. The van der Waals surface area contributed by atoms with Gasteiger partial charge >= 0.3 is 0 Å². The zero-order valence-corrected chi connectivity index (χ0v) is 6.57. The van der Waals surface area contributed by atoms with Crippen LogP contribution in [0.5, 0.6) is 0 Å². The average Bonchev–Trinajstić information content (AvgIpc) is 1.77. The second kappa shape index (κ2) is 2.27. The highest BCUT2D eigenvalue weighted by atomic mass is 15.3. The number of hydrogen-bond acceptors (Lipinski definition) is 2. The molecule has 0 bridgehead atoms. The molecule has 0 aromatic heterocycles. The Bertz CT molecular complexity index is 99.1. The molecule has 1 aliphatic heterocycles. The van der Waals surface area contributed by atoms with Crippen LogP contribution in [0, 0.1) is 0 Å². The van der Waals surface area contributed by atoms with Crippen LogP contribution in [0.25, 0.3) is 0 Å². The van der Waals surface area contributed by atoms with Crippen molar-refractivity contribution in [1.29, 1.82) is 0 Å². The molecule has 2 nitrogen and oxygen atoms in total. The highest BCUT2D eigenvalue weighted by Crippen LogP contribution is 2.17. The maximum Gasteiger partial charge on any atom is 0.0482 e. The number of rotatable bonds is 0. The summed E-state index contributed by atoms with van der Waals surface area (Å²) in [7, 11) is 2.16. The van der Waals surface area contributed by atoms with E-state index >= 15 is 0 Å². The van der Waals surface area contributed by atoms with Crippen molar-refractivity contribution < 1.29 is 0 Å². The summed E-state index contributed by atoms with van der Waals surface area (Å²) in [4.78, 5) is 2.34. The van der Waals surface area contributed by atoms with E-state index in [1.54, 1.807) is 0 Å². The molecule has 0 saturated carbocycles. The fraction of sp³-hybridized carbons (Fsp3) is 1.00. The van der Waals surface area contributed by atoms with E-state index < -0.39 is 0 Å². The van der Waals surface area contributed by atoms with Crippen LogP contribution in [0.2, 0.25) is 0 Å². The Labute approximate surface area is 57.2 Å². The second-order valence-electron chi connectivity index (χ2n) is 3.42. The largest absolute Gasteiger partial charge is 0.304 e. The molecule has 1 rings (SSSR count). The maximum atomic E-state index is 3.32. The van der Waals surface area contributed by atoms with Gasteiger partial charge in [-0.3, -0.25) is 4.90 Å². The first-order valence-corrected chi connectivity index (χ1v) is 3.55. The summed E-state index contributed by atoms with van der Waals surface area (Å²) >= 11 is 0. The first-order chi connectivity index (χ1) is 4.13. The number of hydrogen-bond donors (Lipinski definition) is 1. The standard InChI is InChI=1S/C7H16N2/c1-7(2)4-5-8-6-9(7)3/h8H,4-6H2,1-3H3. The molecule has 1 N–H and O–H groups in total. The molecule has 1 fully saturated rings. The Balaban J connectivity index is 2.49. The van der Waals surface area contributed by atoms with Gasteiger partial charge in [-0.25, -0.2) is 0 Å². The van der Waals surface area contributed by atoms with Crippen molar-refractivity contribution >= 4 is 0 Å². The molecule has 0 radical (unpaired) electrons. The smallest absolute Gasteiger partial charge is 0.0482 e. The third kappa shape index (κ3) is 1.43. The summed E-state index contributed by atoms with van der Waals surface area (Å²) in [5.74, 6) is 0. The van der Waals surface area contributed by atoms with Gasteiger partial charge < -0.3 is 5.32 Å². The highest BCUT2D eigenvalue weighted by molar-refractivity contribution is 4.82. The topological polar surface area (TPSA) is 15.3 Å². The van der Waals surface area contributed by atoms with Gasteiger partial charge in [-0.05, 0) is 33.9 Å². The van der Waals surface area contributed by atoms with Crippen LogP contribution < -0.4 is 5.32 Å². The number of nitrogens with one attached hydrogen (secondary N) is 1. The van der Waals surface area contributed by atoms with E-state index in [-0.39, 0.29) is 0 Å². The zero-order chi connectivity index (χ0) is 6.91. The summed E-state index contributed by atoms with van der Waals surface area (Å²) in [6.45, 7) is 6.77. The van der Waals surface area contributed by atoms with Gasteiger partial charge in [0.2, 0.25) is 0 Å². The van der Waals surface area contributed by atoms with E-state index in [4.69, 9.17) is 0 Å². The molecular formula is C7H16N2. The second-order valence-corrected chi connectivity index (χ2v) is 3.42. The fourth-order valence-electron chi connectivity index (χ4n) is 1.05. The zero-order valence-electron chi connectivity index (χ0n) is 6.57. The lowest BCUT2D eigenvalue weighted by Gasteiger charge is -2.40. The summed E-state index contributed by atoms with van der Waals surface area (Å²) in [6, 6.07) is 0. The van der Waals surface area contributed by atoms with E-state index in [2.05, 4.69) is 31.1 Å². The maximum absolute atomic E-state index is 3.32. The van der Waals surface area contributed by atoms with Crippen molar-refractivity contribution in [2.75, 3.05) is 20.3 Å². The molecule has 0 aromatic carbocycles. The molecule has 0 aromatic rings. The van der Waals surface area contributed by atoms with Crippen LogP contribution in [0.4, 0.5) is 0 Å². The fourth-order valence-corrected chi connectivity index (χ4v) is 1.05. The minimum Gasteiger partial charge on any atom is -0.304 e. The monoisotopic (exact) mass is 128 g/mol. The van der Waals surface area contributed by atoms with Gasteiger partial charge in [0.25, 0.3) is 0 Å². The molecule has 0 unspecified atom stereocenters. The van der Waals surface area contributed by atoms with Crippen LogP contribution >= 0.6 is 0 Å². The molecule has 0 atom stereocenters. The van der Waals surface area contributed by atoms with Gasteiger partial charge in [-0.2, -0.15) is 0 Å². The van der Waals surface area contributed by atoms with Crippen LogP contribution in [-0.4, -0.2) is 30.7 Å². The van der Waals surface area contributed by atoms with Gasteiger partial charge in [-0.1, -0.05) is 0 Å². The van der Waals surface area contributed by atoms with Gasteiger partial charge in [0.15, 0.2) is 0 Å². The molecule has 1 heterocycles. The third-order valence-corrected chi connectivity index (χ3v) is 2.30. The van der Waals surface area contributed by atoms with Crippen molar-refractivity contribution in [3.05, 3.63) is 0 Å². The van der Waals surface area contributed by atoms with Crippen LogP contribution in [0.3, 0.4) is 0 Å². The van der Waals surface area contributed by atoms with Gasteiger partial charge in [0.05, 0.1) is 0 Å². The van der Waals surface area contributed by atoms with Gasteiger partial charge in [-0.15, -0.1) is 0 Å². The molecular weight excluding hydrogens is 112 g/mol. The van der Waals surface area contributed by atoms with Gasteiger partial charge in [0, 0.05) is 12.2 Å². The average molecular weight is 128 g/mol. The van der Waals surface area contributed by atoms with Gasteiger partial charge in [0.1, 0.15) is 0 Å². The van der Waals surface area contributed by atoms with Crippen molar-refractivity contribution in [2.45, 2.75) is 25.8 Å². The Morgan fingerprint density at radius 1 is 1.44 bits per heavy atom. The Morgan fingerprint density at radius 2 is 2.11 bits per heavy atom. The van der Waals surface area contributed by atoms with E-state index in [0.29, 0.717) is 5.54 Å². The predicted molar refractivity (Wildman–Crippen MR) is 39.3 cm³/mol. The minimum absolute atomic E-state index is 0.408. The summed E-state index contributed by atoms with van der Waals surface area (Å²) in [6.07, 6.45) is 1.25. The van der Waals surface area contributed by atoms with Crippen LogP contribution in [-0.2, 0) is 0 Å². The normalized spacial score (nSPS) is 28.3. The molecule has 1 aliphatic rings. The molecule has 1 saturated heterocycles. The third-order valence-electron chi connectivity index (χ3n) is 2.30. The predicted octanol–water partition coefficient (Wildman–Crippen LogP) is 0.648. The van der Waals surface area contributed by atoms with Crippen LogP contribution in [0.15, 0.2) is 0 Å². The Morgan fingerprint density at radius 3 is 2.44 bits per heavy atom. The lowest BCUT2D eigenvalue weighted by Crippen LogP contribution is -2.52. The molecule has 0 spiro atoms. The highest BCUT2D eigenvalue weighted by Gasteiger charge is 2.25. The van der Waals surface area contributed by atoms with Crippen molar-refractivity contribution in [2.24, 2.45) is 0 Å². The van der Waals surface area contributed by atoms with Crippen LogP contribution in [0.1, 0.15) is 20.3 Å². The minimum atomic E-state index is 0.408. The first-order valence-electron chi connectivity index (χ1n) is 3.55. The molecule has 0 amide bonds. The molecule has 9 heavy (non-hydrogen) atoms. The lowest BCUT2D eigenvalue weighted by atomic mass is 9.97. The van der Waals surface area contributed by atoms with Crippen molar-refractivity contribution in [1.82, 2.24) is 10.2 Å². The van der Waals surface area contributed by atoms with E-state index in [9.17, 15) is 0 Å². The van der Waals surface area contributed by atoms with Crippen molar-refractivity contribution in [3.63, 3.8) is 0 Å². The first kappa shape index (κ1) is 7.03. The Kier molecular flexibility index (Phi) is 1.78. The van der Waals surface area contributed by atoms with E-state index in [1.165, 1.54) is 6.42 Å². The Hall–Kier alpha value is -0.0800. The van der Waals surface area contributed by atoms with Crippen molar-refractivity contribution in [3.8, 4) is 0 Å². The summed E-state index contributed by atoms with van der Waals surface area (Å²) in [5, 5.41) is 3.32. The molecule has 0 aliphatic carbocycles. The molecule has 2 heteroatoms. The molecule has 54 valence electrons. The van der Waals surface area contributed by atoms with E-state index in [0.717, 1.165) is 13.2 Å². The quantitative estimate of drug-likeness (QED) is 0.515. The summed E-state index contributed by atoms with van der Waals surface area (Å²) in [5.41, 5.74) is 0.408. The SMILES string of the molecule is CN1CNCCC1(C)C.